The van der Waals surface area contributed by atoms with Gasteiger partial charge in [0.2, 0.25) is 6.41 Å². The zero-order valence-electron chi connectivity index (χ0n) is 11.6. The molecular formula is C13H14Cl3F2NO2. The van der Waals surface area contributed by atoms with Crippen molar-refractivity contribution in [2.24, 2.45) is 0 Å². The van der Waals surface area contributed by atoms with Crippen molar-refractivity contribution in [3.63, 3.8) is 0 Å². The van der Waals surface area contributed by atoms with Crippen LogP contribution >= 0.6 is 34.8 Å². The lowest BCUT2D eigenvalue weighted by atomic mass is 9.93. The summed E-state index contributed by atoms with van der Waals surface area (Å²) in [5, 5.41) is 0.818. The summed E-state index contributed by atoms with van der Waals surface area (Å²) < 4.78 is 26.0. The number of alkyl halides is 2. The first-order valence-electron chi connectivity index (χ1n) is 5.88. The summed E-state index contributed by atoms with van der Waals surface area (Å²) in [7, 11) is 1.33. The normalized spacial score (nSPS) is 11.9. The van der Waals surface area contributed by atoms with Crippen molar-refractivity contribution in [2.45, 2.75) is 32.2 Å². The predicted octanol–water partition coefficient (Wildman–Crippen LogP) is 4.93. The number of hydroxylamine groups is 2. The molecule has 1 aromatic carbocycles. The third-order valence-electron chi connectivity index (χ3n) is 3.02. The van der Waals surface area contributed by atoms with Crippen LogP contribution in [0.4, 0.5) is 8.78 Å². The fraction of sp³-hybridized carbons (Fsp3) is 0.462. The number of hydrogen-bond donors (Lipinski definition) is 0. The third-order valence-corrected chi connectivity index (χ3v) is 4.10. The summed E-state index contributed by atoms with van der Waals surface area (Å²) in [5.41, 5.74) is -1.02. The molecule has 0 aliphatic carbocycles. The van der Waals surface area contributed by atoms with Crippen LogP contribution in [0.3, 0.4) is 0 Å². The van der Waals surface area contributed by atoms with Crippen molar-refractivity contribution in [1.82, 2.24) is 5.06 Å². The number of carbonyl (C=O) groups excluding carboxylic acids is 1. The third kappa shape index (κ3) is 3.97. The van der Waals surface area contributed by atoms with E-state index in [1.54, 1.807) is 13.8 Å². The van der Waals surface area contributed by atoms with E-state index in [0.29, 0.717) is 6.41 Å². The molecule has 1 rings (SSSR count). The Balaban J connectivity index is 3.32. The van der Waals surface area contributed by atoms with Gasteiger partial charge in [0.1, 0.15) is 0 Å². The van der Waals surface area contributed by atoms with E-state index in [1.165, 1.54) is 13.2 Å². The second-order valence-corrected chi connectivity index (χ2v) is 6.14. The van der Waals surface area contributed by atoms with Gasteiger partial charge in [-0.3, -0.25) is 9.63 Å². The lowest BCUT2D eigenvalue weighted by Crippen LogP contribution is -2.44. The van der Waals surface area contributed by atoms with Crippen LogP contribution in [-0.4, -0.2) is 24.1 Å². The van der Waals surface area contributed by atoms with Gasteiger partial charge in [-0.25, -0.2) is 13.8 Å². The van der Waals surface area contributed by atoms with Gasteiger partial charge >= 0.3 is 0 Å². The summed E-state index contributed by atoms with van der Waals surface area (Å²) in [5.74, 6) is 0. The molecule has 21 heavy (non-hydrogen) atoms. The van der Waals surface area contributed by atoms with Crippen molar-refractivity contribution < 1.29 is 18.4 Å². The first-order valence-corrected chi connectivity index (χ1v) is 7.02. The van der Waals surface area contributed by atoms with Crippen LogP contribution in [0, 0.1) is 0 Å². The first kappa shape index (κ1) is 18.4. The molecule has 1 amide bonds. The Morgan fingerprint density at radius 2 is 1.90 bits per heavy atom. The Bertz CT molecular complexity index is 539. The fourth-order valence-corrected chi connectivity index (χ4v) is 3.02. The lowest BCUT2D eigenvalue weighted by molar-refractivity contribution is -0.189. The lowest BCUT2D eigenvalue weighted by Gasteiger charge is -2.34. The maximum Gasteiger partial charge on any atom is 0.266 e. The molecule has 0 spiro atoms. The van der Waals surface area contributed by atoms with Gasteiger partial charge in [-0.2, -0.15) is 0 Å². The van der Waals surface area contributed by atoms with Gasteiger partial charge in [-0.1, -0.05) is 34.8 Å². The molecular weight excluding hydrogens is 347 g/mol. The van der Waals surface area contributed by atoms with Crippen LogP contribution < -0.4 is 0 Å². The number of amides is 1. The quantitative estimate of drug-likeness (QED) is 0.532. The highest BCUT2D eigenvalue weighted by Gasteiger charge is 2.31. The minimum Gasteiger partial charge on any atom is -0.276 e. The Hall–Kier alpha value is -0.620. The predicted molar refractivity (Wildman–Crippen MR) is 79.1 cm³/mol. The standard InChI is InChI=1S/C13H14Cl3F2NO2/c1-13(2,19(6-20)21-3)5-7-8(14)4-9(15)10(11(7)16)12(17)18/h4,6,12H,5H2,1-3H3. The Morgan fingerprint density at radius 3 is 2.33 bits per heavy atom. The molecule has 0 aliphatic heterocycles. The van der Waals surface area contributed by atoms with E-state index < -0.39 is 17.5 Å². The number of hydrogen-bond acceptors (Lipinski definition) is 2. The zero-order chi connectivity index (χ0) is 16.4. The Labute approximate surface area is 136 Å². The van der Waals surface area contributed by atoms with E-state index in [2.05, 4.69) is 0 Å². The topological polar surface area (TPSA) is 29.5 Å². The molecule has 0 aromatic heterocycles. The molecule has 0 radical (unpaired) electrons. The molecule has 0 aliphatic rings. The van der Waals surface area contributed by atoms with E-state index in [0.717, 1.165) is 5.06 Å². The summed E-state index contributed by atoms with van der Waals surface area (Å²) in [6.45, 7) is 3.38. The monoisotopic (exact) mass is 359 g/mol. The summed E-state index contributed by atoms with van der Waals surface area (Å²) >= 11 is 17.8. The van der Waals surface area contributed by atoms with Crippen LogP contribution in [-0.2, 0) is 16.1 Å². The molecule has 0 heterocycles. The van der Waals surface area contributed by atoms with E-state index in [4.69, 9.17) is 39.6 Å². The number of rotatable bonds is 6. The number of carbonyl (C=O) groups is 1. The van der Waals surface area contributed by atoms with Gasteiger partial charge in [0, 0.05) is 11.4 Å². The molecule has 0 bridgehead atoms. The molecule has 0 atom stereocenters. The first-order chi connectivity index (χ1) is 9.65. The maximum absolute atomic E-state index is 13.0. The van der Waals surface area contributed by atoms with Crippen molar-refractivity contribution >= 4 is 41.2 Å². The largest absolute Gasteiger partial charge is 0.276 e. The van der Waals surface area contributed by atoms with E-state index in [9.17, 15) is 13.6 Å². The Morgan fingerprint density at radius 1 is 1.33 bits per heavy atom. The molecule has 3 nitrogen and oxygen atoms in total. The van der Waals surface area contributed by atoms with Crippen LogP contribution in [0.5, 0.6) is 0 Å². The number of nitrogens with zero attached hydrogens (tertiary/aromatic N) is 1. The van der Waals surface area contributed by atoms with Crippen molar-refractivity contribution in [2.75, 3.05) is 7.11 Å². The molecule has 0 saturated heterocycles. The maximum atomic E-state index is 13.0. The molecule has 0 fully saturated rings. The van der Waals surface area contributed by atoms with Crippen LogP contribution in [0.2, 0.25) is 15.1 Å². The van der Waals surface area contributed by atoms with E-state index in [-0.39, 0.29) is 27.1 Å². The highest BCUT2D eigenvalue weighted by Crippen LogP contribution is 2.41. The highest BCUT2D eigenvalue weighted by molar-refractivity contribution is 6.40. The second-order valence-electron chi connectivity index (χ2n) is 4.95. The molecule has 8 heteroatoms. The minimum atomic E-state index is -2.83. The van der Waals surface area contributed by atoms with E-state index in [1.807, 2.05) is 0 Å². The number of benzene rings is 1. The van der Waals surface area contributed by atoms with Gasteiger partial charge in [0.25, 0.3) is 6.43 Å². The van der Waals surface area contributed by atoms with Crippen molar-refractivity contribution in [3.8, 4) is 0 Å². The Kier molecular flexibility index (Phi) is 6.23. The second kappa shape index (κ2) is 7.09. The van der Waals surface area contributed by atoms with E-state index >= 15 is 0 Å². The molecule has 0 N–H and O–H groups in total. The molecule has 0 saturated carbocycles. The van der Waals surface area contributed by atoms with Gasteiger partial charge in [-0.05, 0) is 25.5 Å². The zero-order valence-corrected chi connectivity index (χ0v) is 13.9. The average Bonchev–Trinajstić information content (AvgIpc) is 2.34. The minimum absolute atomic E-state index is 0.119. The van der Waals surface area contributed by atoms with Gasteiger partial charge in [-0.15, -0.1) is 0 Å². The SMILES string of the molecule is CON(C=O)C(C)(C)Cc1c(Cl)cc(Cl)c(C(F)F)c1Cl. The highest BCUT2D eigenvalue weighted by atomic mass is 35.5. The smallest absolute Gasteiger partial charge is 0.266 e. The van der Waals surface area contributed by atoms with Crippen LogP contribution in [0.15, 0.2) is 6.07 Å². The summed E-state index contributed by atoms with van der Waals surface area (Å²) in [4.78, 5) is 15.9. The van der Waals surface area contributed by atoms with Gasteiger partial charge in [0.15, 0.2) is 0 Å². The fourth-order valence-electron chi connectivity index (χ4n) is 1.95. The summed E-state index contributed by atoms with van der Waals surface area (Å²) in [6, 6.07) is 1.22. The van der Waals surface area contributed by atoms with Crippen molar-refractivity contribution in [3.05, 3.63) is 32.3 Å². The molecule has 118 valence electrons. The molecule has 1 aromatic rings. The number of halogens is 5. The molecule has 0 unspecified atom stereocenters. The van der Waals surface area contributed by atoms with Crippen molar-refractivity contribution in [1.29, 1.82) is 0 Å². The van der Waals surface area contributed by atoms with Gasteiger partial charge in [0.05, 0.1) is 28.3 Å². The van der Waals surface area contributed by atoms with Crippen LogP contribution in [0.25, 0.3) is 0 Å². The average molecular weight is 361 g/mol. The van der Waals surface area contributed by atoms with Crippen LogP contribution in [0.1, 0.15) is 31.4 Å². The van der Waals surface area contributed by atoms with Gasteiger partial charge < -0.3 is 0 Å². The summed E-state index contributed by atoms with van der Waals surface area (Å²) in [6.07, 6.45) is -2.21.